The van der Waals surface area contributed by atoms with Crippen LogP contribution in [0.3, 0.4) is 0 Å². The molecule has 3 aromatic rings. The lowest BCUT2D eigenvalue weighted by Crippen LogP contribution is -1.84. The van der Waals surface area contributed by atoms with Crippen LogP contribution in [0.4, 0.5) is 0 Å². The van der Waals surface area contributed by atoms with E-state index >= 15 is 0 Å². The van der Waals surface area contributed by atoms with Crippen LogP contribution in [0.25, 0.3) is 0 Å². The van der Waals surface area contributed by atoms with Crippen molar-refractivity contribution in [3.63, 3.8) is 0 Å². The van der Waals surface area contributed by atoms with Crippen molar-refractivity contribution in [2.24, 2.45) is 0 Å². The summed E-state index contributed by atoms with van der Waals surface area (Å²) < 4.78 is 0. The van der Waals surface area contributed by atoms with Crippen molar-refractivity contribution in [2.45, 2.75) is 22.6 Å². The van der Waals surface area contributed by atoms with Gasteiger partial charge in [0.2, 0.25) is 0 Å². The van der Waals surface area contributed by atoms with E-state index in [1.54, 1.807) is 0 Å². The molecule has 0 bridgehead atoms. The van der Waals surface area contributed by atoms with Gasteiger partial charge in [0.25, 0.3) is 0 Å². The Hall–Kier alpha value is -2.52. The number of hydrogen-bond acceptors (Lipinski definition) is 2. The molecule has 2 aliphatic heterocycles. The lowest BCUT2D eigenvalue weighted by Gasteiger charge is -1.98. The van der Waals surface area contributed by atoms with Crippen LogP contribution in [0.5, 0.6) is 0 Å². The molecule has 0 radical (unpaired) electrons. The predicted octanol–water partition coefficient (Wildman–Crippen LogP) is 5.78. The second kappa shape index (κ2) is 7.84. The Balaban J connectivity index is 1.30. The van der Waals surface area contributed by atoms with Gasteiger partial charge in [0.15, 0.2) is 0 Å². The minimum absolute atomic E-state index is 1.02. The van der Waals surface area contributed by atoms with Gasteiger partial charge in [-0.2, -0.15) is 0 Å². The van der Waals surface area contributed by atoms with E-state index in [-0.39, 0.29) is 0 Å². The van der Waals surface area contributed by atoms with E-state index in [9.17, 15) is 0 Å². The molecule has 0 aromatic heterocycles. The minimum Gasteiger partial charge on any atom is -0.126 e. The summed E-state index contributed by atoms with van der Waals surface area (Å²) in [6.07, 6.45) is 2.32. The number of aryl methyl sites for hydroxylation is 2. The standard InChI is InChI=1S/C26H18S2/c1-2-20(6-8-22-10-12-26-24(18-22)14-16-28-26)4-3-19(1)5-7-21-9-11-25-23(17-21)13-15-27-25/h1-4,9-12,17-18H,13-16H2. The summed E-state index contributed by atoms with van der Waals surface area (Å²) >= 11 is 3.88. The quantitative estimate of drug-likeness (QED) is 0.443. The van der Waals surface area contributed by atoms with Crippen molar-refractivity contribution in [2.75, 3.05) is 11.5 Å². The van der Waals surface area contributed by atoms with Crippen molar-refractivity contribution < 1.29 is 0 Å². The highest BCUT2D eigenvalue weighted by atomic mass is 32.2. The van der Waals surface area contributed by atoms with Gasteiger partial charge < -0.3 is 0 Å². The van der Waals surface area contributed by atoms with Crippen LogP contribution in [-0.4, -0.2) is 11.5 Å². The van der Waals surface area contributed by atoms with E-state index < -0.39 is 0 Å². The molecule has 0 N–H and O–H groups in total. The molecule has 3 aromatic carbocycles. The molecular weight excluding hydrogens is 376 g/mol. The highest BCUT2D eigenvalue weighted by Gasteiger charge is 2.11. The number of benzene rings is 3. The van der Waals surface area contributed by atoms with Crippen LogP contribution >= 0.6 is 23.5 Å². The number of thioether (sulfide) groups is 2. The number of fused-ring (bicyclic) bond motifs is 2. The van der Waals surface area contributed by atoms with Crippen molar-refractivity contribution in [1.29, 1.82) is 0 Å². The molecular formula is C26H18S2. The van der Waals surface area contributed by atoms with Crippen LogP contribution < -0.4 is 0 Å². The van der Waals surface area contributed by atoms with Gasteiger partial charge in [0.1, 0.15) is 0 Å². The Morgan fingerprint density at radius 1 is 0.500 bits per heavy atom. The Labute approximate surface area is 175 Å². The summed E-state index contributed by atoms with van der Waals surface area (Å²) in [6, 6.07) is 21.3. The summed E-state index contributed by atoms with van der Waals surface area (Å²) in [5.41, 5.74) is 7.12. The van der Waals surface area contributed by atoms with Gasteiger partial charge in [-0.15, -0.1) is 23.5 Å². The van der Waals surface area contributed by atoms with Crippen LogP contribution in [0.1, 0.15) is 33.4 Å². The van der Waals surface area contributed by atoms with E-state index in [4.69, 9.17) is 0 Å². The maximum absolute atomic E-state index is 3.29. The molecule has 0 unspecified atom stereocenters. The van der Waals surface area contributed by atoms with Crippen LogP contribution in [0.15, 0.2) is 70.5 Å². The first kappa shape index (κ1) is 17.6. The average molecular weight is 395 g/mol. The summed E-state index contributed by atoms with van der Waals surface area (Å²) in [5.74, 6) is 15.5. The molecule has 0 fully saturated rings. The molecule has 2 heteroatoms. The van der Waals surface area contributed by atoms with Crippen LogP contribution in [-0.2, 0) is 12.8 Å². The fraction of sp³-hybridized carbons (Fsp3) is 0.154. The predicted molar refractivity (Wildman–Crippen MR) is 120 cm³/mol. The highest BCUT2D eigenvalue weighted by molar-refractivity contribution is 7.99. The molecule has 2 aliphatic rings. The zero-order valence-corrected chi connectivity index (χ0v) is 17.1. The van der Waals surface area contributed by atoms with Gasteiger partial charge in [-0.25, -0.2) is 0 Å². The molecule has 0 amide bonds. The third kappa shape index (κ3) is 3.85. The van der Waals surface area contributed by atoms with Crippen LogP contribution in [0, 0.1) is 23.7 Å². The molecule has 28 heavy (non-hydrogen) atoms. The largest absolute Gasteiger partial charge is 0.126 e. The van der Waals surface area contributed by atoms with E-state index in [1.807, 2.05) is 23.5 Å². The fourth-order valence-corrected chi connectivity index (χ4v) is 5.56. The molecule has 0 atom stereocenters. The SMILES string of the molecule is C(#Cc1ccc2c(c1)CCS2)c1ccc(C#Cc2ccc3c(c2)CCS3)cc1. The topological polar surface area (TPSA) is 0 Å². The van der Waals surface area contributed by atoms with Gasteiger partial charge in [-0.3, -0.25) is 0 Å². The third-order valence-electron chi connectivity index (χ3n) is 4.97. The normalized spacial score (nSPS) is 13.7. The average Bonchev–Trinajstić information content (AvgIpc) is 3.39. The molecule has 134 valence electrons. The smallest absolute Gasteiger partial charge is 0.0252 e. The second-order valence-corrected chi connectivity index (χ2v) is 9.19. The summed E-state index contributed by atoms with van der Waals surface area (Å²) in [4.78, 5) is 2.83. The van der Waals surface area contributed by atoms with Gasteiger partial charge >= 0.3 is 0 Å². The van der Waals surface area contributed by atoms with Crippen molar-refractivity contribution in [3.8, 4) is 23.7 Å². The number of rotatable bonds is 0. The Morgan fingerprint density at radius 2 is 0.893 bits per heavy atom. The lowest BCUT2D eigenvalue weighted by atomic mass is 10.1. The first-order chi connectivity index (χ1) is 13.8. The van der Waals surface area contributed by atoms with Gasteiger partial charge in [0.05, 0.1) is 0 Å². The molecule has 0 saturated heterocycles. The molecule has 0 spiro atoms. The third-order valence-corrected chi connectivity index (χ3v) is 7.20. The van der Waals surface area contributed by atoms with E-state index in [0.29, 0.717) is 0 Å². The summed E-state index contributed by atoms with van der Waals surface area (Å²) in [5, 5.41) is 0. The zero-order valence-electron chi connectivity index (χ0n) is 15.4. The summed E-state index contributed by atoms with van der Waals surface area (Å²) in [7, 11) is 0. The highest BCUT2D eigenvalue weighted by Crippen LogP contribution is 2.32. The Bertz CT molecular complexity index is 1070. The molecule has 0 saturated carbocycles. The van der Waals surface area contributed by atoms with Gasteiger partial charge in [0, 0.05) is 43.6 Å². The molecule has 2 heterocycles. The maximum atomic E-state index is 3.29. The molecule has 0 nitrogen and oxygen atoms in total. The fourth-order valence-electron chi connectivity index (χ4n) is 3.45. The first-order valence-corrected chi connectivity index (χ1v) is 11.5. The van der Waals surface area contributed by atoms with E-state index in [2.05, 4.69) is 84.3 Å². The molecule has 5 rings (SSSR count). The van der Waals surface area contributed by atoms with Crippen molar-refractivity contribution >= 4 is 23.5 Å². The lowest BCUT2D eigenvalue weighted by molar-refractivity contribution is 1.14. The maximum Gasteiger partial charge on any atom is 0.0252 e. The van der Waals surface area contributed by atoms with E-state index in [1.165, 1.54) is 32.4 Å². The Kier molecular flexibility index (Phi) is 4.92. The van der Waals surface area contributed by atoms with E-state index in [0.717, 1.165) is 35.1 Å². The minimum atomic E-state index is 1.02. The van der Waals surface area contributed by atoms with Crippen molar-refractivity contribution in [1.82, 2.24) is 0 Å². The van der Waals surface area contributed by atoms with Gasteiger partial charge in [-0.1, -0.05) is 23.7 Å². The first-order valence-electron chi connectivity index (χ1n) is 9.49. The van der Waals surface area contributed by atoms with Crippen molar-refractivity contribution in [3.05, 3.63) is 94.0 Å². The summed E-state index contributed by atoms with van der Waals surface area (Å²) in [6.45, 7) is 0. The second-order valence-electron chi connectivity index (χ2n) is 6.92. The monoisotopic (exact) mass is 394 g/mol. The van der Waals surface area contributed by atoms with Crippen LogP contribution in [0.2, 0.25) is 0 Å². The zero-order chi connectivity index (χ0) is 18.8. The molecule has 0 aliphatic carbocycles. The Morgan fingerprint density at radius 3 is 1.36 bits per heavy atom. The van der Waals surface area contributed by atoms with Gasteiger partial charge in [-0.05, 0) is 84.6 Å². The number of hydrogen-bond donors (Lipinski definition) is 0.